The van der Waals surface area contributed by atoms with Crippen LogP contribution in [0.15, 0.2) is 30.6 Å². The third-order valence-electron chi connectivity index (χ3n) is 5.64. The van der Waals surface area contributed by atoms with Crippen molar-refractivity contribution in [2.75, 3.05) is 43.1 Å². The Morgan fingerprint density at radius 2 is 2.21 bits per heavy atom. The maximum Gasteiger partial charge on any atom is 0.255 e. The van der Waals surface area contributed by atoms with Crippen molar-refractivity contribution in [2.24, 2.45) is 0 Å². The highest BCUT2D eigenvalue weighted by atomic mass is 32.1. The number of β-amino-alcohol motifs (C(OH)–C–C–N with tert-alkyl or cyclic N) is 1. The first-order valence-electron chi connectivity index (χ1n) is 11.3. The zero-order valence-corrected chi connectivity index (χ0v) is 19.6. The number of anilines is 3. The van der Waals surface area contributed by atoms with Crippen LogP contribution in [-0.2, 0) is 4.74 Å². The van der Waals surface area contributed by atoms with Crippen LogP contribution in [0, 0.1) is 12.7 Å². The third-order valence-corrected chi connectivity index (χ3v) is 6.75. The second-order valence-corrected chi connectivity index (χ2v) is 9.45. The minimum Gasteiger partial charge on any atom is -0.470 e. The van der Waals surface area contributed by atoms with Crippen LogP contribution in [-0.4, -0.2) is 65.2 Å². The summed E-state index contributed by atoms with van der Waals surface area (Å²) in [6.45, 7) is 5.17. The van der Waals surface area contributed by atoms with Crippen molar-refractivity contribution in [1.82, 2.24) is 20.3 Å². The van der Waals surface area contributed by atoms with Crippen LogP contribution in [0.2, 0.25) is 0 Å². The Morgan fingerprint density at radius 1 is 1.29 bits per heavy atom. The average Bonchev–Trinajstić information content (AvgIpc) is 3.46. The molecule has 0 bridgehead atoms. The van der Waals surface area contributed by atoms with Gasteiger partial charge in [0.15, 0.2) is 5.13 Å². The molecule has 1 aromatic carbocycles. The first-order valence-corrected chi connectivity index (χ1v) is 12.1. The number of nitrogens with one attached hydrogen (secondary N) is 2. The Kier molecular flexibility index (Phi) is 6.86. The Morgan fingerprint density at radius 3 is 3.06 bits per heavy atom. The normalized spacial score (nSPS) is 20.9. The fraction of sp³-hybridized carbons (Fsp3) is 0.435. The molecule has 34 heavy (non-hydrogen) atoms. The van der Waals surface area contributed by atoms with Crippen molar-refractivity contribution < 1.29 is 19.0 Å². The van der Waals surface area contributed by atoms with Gasteiger partial charge in [-0.25, -0.2) is 9.97 Å². The second kappa shape index (κ2) is 10.2. The van der Waals surface area contributed by atoms with E-state index in [0.29, 0.717) is 26.2 Å². The average molecular weight is 487 g/mol. The van der Waals surface area contributed by atoms with Gasteiger partial charge in [0.1, 0.15) is 12.3 Å². The number of aliphatic hydroxyl groups excluding tert-OH is 1. The molecular weight excluding hydrogens is 459 g/mol. The molecule has 2 fully saturated rings. The van der Waals surface area contributed by atoms with E-state index < -0.39 is 12.0 Å². The summed E-state index contributed by atoms with van der Waals surface area (Å²) in [5.74, 6) is -0.432. The molecule has 2 atom stereocenters. The highest BCUT2D eigenvalue weighted by Crippen LogP contribution is 2.34. The monoisotopic (exact) mass is 486 g/mol. The Balaban J connectivity index is 1.34. The molecule has 2 aliphatic rings. The summed E-state index contributed by atoms with van der Waals surface area (Å²) < 4.78 is 25.1. The summed E-state index contributed by atoms with van der Waals surface area (Å²) in [5, 5.41) is 17.2. The van der Waals surface area contributed by atoms with Gasteiger partial charge in [0.2, 0.25) is 11.8 Å². The van der Waals surface area contributed by atoms with Gasteiger partial charge in [-0.15, -0.1) is 0 Å². The van der Waals surface area contributed by atoms with E-state index in [1.807, 2.05) is 25.3 Å². The van der Waals surface area contributed by atoms with E-state index in [4.69, 9.17) is 9.47 Å². The topological polar surface area (TPSA) is 105 Å². The largest absolute Gasteiger partial charge is 0.470 e. The van der Waals surface area contributed by atoms with Crippen molar-refractivity contribution in [3.63, 3.8) is 0 Å². The summed E-state index contributed by atoms with van der Waals surface area (Å²) in [6.07, 6.45) is 3.85. The lowest BCUT2D eigenvalue weighted by Gasteiger charge is -2.20. The molecule has 4 heterocycles. The molecule has 3 aromatic rings. The molecule has 2 aliphatic heterocycles. The number of hydrogen-bond donors (Lipinski definition) is 3. The SMILES string of the molecule is Cc1cc(Nc2ncc(F)c(OC3CCOC3)n2)cc(-c2cnc(N3CCCNC(O)C3)s2)c1. The molecule has 0 radical (unpaired) electrons. The molecule has 11 heteroatoms. The second-order valence-electron chi connectivity index (χ2n) is 8.44. The number of aryl methyl sites for hydroxylation is 1. The number of ether oxygens (including phenoxy) is 2. The number of rotatable bonds is 6. The Hall–Kier alpha value is -2.86. The molecule has 0 aliphatic carbocycles. The van der Waals surface area contributed by atoms with Crippen molar-refractivity contribution in [1.29, 1.82) is 0 Å². The number of aromatic nitrogens is 3. The highest BCUT2D eigenvalue weighted by Gasteiger charge is 2.21. The first kappa shape index (κ1) is 22.9. The Labute approximate surface area is 201 Å². The minimum atomic E-state index is -0.603. The zero-order chi connectivity index (χ0) is 23.5. The summed E-state index contributed by atoms with van der Waals surface area (Å²) >= 11 is 1.59. The lowest BCUT2D eigenvalue weighted by Crippen LogP contribution is -2.37. The summed E-state index contributed by atoms with van der Waals surface area (Å²) in [6, 6.07) is 6.04. The van der Waals surface area contributed by atoms with E-state index >= 15 is 0 Å². The van der Waals surface area contributed by atoms with Crippen molar-refractivity contribution >= 4 is 28.1 Å². The van der Waals surface area contributed by atoms with Gasteiger partial charge in [0.05, 0.1) is 30.8 Å². The van der Waals surface area contributed by atoms with E-state index in [-0.39, 0.29) is 17.9 Å². The number of nitrogens with zero attached hydrogens (tertiary/aromatic N) is 4. The molecule has 5 rings (SSSR count). The number of halogens is 1. The van der Waals surface area contributed by atoms with Crippen LogP contribution < -0.4 is 20.3 Å². The predicted octanol–water partition coefficient (Wildman–Crippen LogP) is 3.08. The first-order chi connectivity index (χ1) is 16.5. The van der Waals surface area contributed by atoms with Crippen LogP contribution in [0.5, 0.6) is 5.88 Å². The molecule has 2 aromatic heterocycles. The fourth-order valence-electron chi connectivity index (χ4n) is 4.01. The zero-order valence-electron chi connectivity index (χ0n) is 18.8. The van der Waals surface area contributed by atoms with Gasteiger partial charge in [0.25, 0.3) is 5.88 Å². The van der Waals surface area contributed by atoms with Crippen molar-refractivity contribution in [2.45, 2.75) is 32.1 Å². The molecule has 2 saturated heterocycles. The van der Waals surface area contributed by atoms with Gasteiger partial charge in [0, 0.05) is 24.8 Å². The van der Waals surface area contributed by atoms with E-state index in [1.54, 1.807) is 11.3 Å². The molecule has 3 N–H and O–H groups in total. The number of hydrogen-bond acceptors (Lipinski definition) is 10. The summed E-state index contributed by atoms with van der Waals surface area (Å²) in [7, 11) is 0. The van der Waals surface area contributed by atoms with Crippen LogP contribution in [0.4, 0.5) is 21.2 Å². The van der Waals surface area contributed by atoms with E-state index in [9.17, 15) is 9.50 Å². The molecule has 9 nitrogen and oxygen atoms in total. The van der Waals surface area contributed by atoms with Gasteiger partial charge in [-0.3, -0.25) is 5.32 Å². The lowest BCUT2D eigenvalue weighted by atomic mass is 10.1. The standard InChI is InChI=1S/C23H27FN6O3S/c1-14-7-15(19-11-27-23(34-19)30-5-2-4-25-20(31)12-30)9-16(8-14)28-22-26-10-18(24)21(29-22)33-17-3-6-32-13-17/h7-11,17,20,25,31H,2-6,12-13H2,1H3,(H,26,28,29). The quantitative estimate of drug-likeness (QED) is 0.485. The molecule has 0 spiro atoms. The number of benzene rings is 1. The van der Waals surface area contributed by atoms with Gasteiger partial charge < -0.3 is 24.8 Å². The van der Waals surface area contributed by atoms with Crippen LogP contribution in [0.1, 0.15) is 18.4 Å². The smallest absolute Gasteiger partial charge is 0.255 e. The fourth-order valence-corrected chi connectivity index (χ4v) is 4.94. The lowest BCUT2D eigenvalue weighted by molar-refractivity contribution is 0.134. The highest BCUT2D eigenvalue weighted by molar-refractivity contribution is 7.18. The van der Waals surface area contributed by atoms with E-state index in [1.165, 1.54) is 0 Å². The van der Waals surface area contributed by atoms with Crippen LogP contribution >= 0.6 is 11.3 Å². The predicted molar refractivity (Wildman–Crippen MR) is 128 cm³/mol. The van der Waals surface area contributed by atoms with E-state index in [0.717, 1.165) is 52.5 Å². The maximum atomic E-state index is 14.2. The molecule has 0 amide bonds. The van der Waals surface area contributed by atoms with Gasteiger partial charge in [-0.05, 0) is 43.1 Å². The van der Waals surface area contributed by atoms with Crippen LogP contribution in [0.3, 0.4) is 0 Å². The molecule has 180 valence electrons. The van der Waals surface area contributed by atoms with Crippen LogP contribution in [0.25, 0.3) is 10.4 Å². The summed E-state index contributed by atoms with van der Waals surface area (Å²) in [5.41, 5.74) is 2.83. The van der Waals surface area contributed by atoms with Crippen molar-refractivity contribution in [3.8, 4) is 16.3 Å². The van der Waals surface area contributed by atoms with Crippen molar-refractivity contribution in [3.05, 3.63) is 42.0 Å². The molecule has 2 unspecified atom stereocenters. The van der Waals surface area contributed by atoms with E-state index in [2.05, 4.69) is 36.6 Å². The number of aliphatic hydroxyl groups is 1. The summed E-state index contributed by atoms with van der Waals surface area (Å²) in [4.78, 5) is 16.0. The number of thiazole rings is 1. The molecular formula is C23H27FN6O3S. The molecule has 0 saturated carbocycles. The van der Waals surface area contributed by atoms with Gasteiger partial charge >= 0.3 is 0 Å². The minimum absolute atomic E-state index is 0.0814. The third kappa shape index (κ3) is 5.44. The van der Waals surface area contributed by atoms with Gasteiger partial charge in [-0.2, -0.15) is 9.37 Å². The van der Waals surface area contributed by atoms with Gasteiger partial charge in [-0.1, -0.05) is 17.4 Å². The maximum absolute atomic E-state index is 14.2. The Bertz CT molecular complexity index is 1140.